The highest BCUT2D eigenvalue weighted by molar-refractivity contribution is 5.81. The summed E-state index contributed by atoms with van der Waals surface area (Å²) in [6.45, 7) is 4.07. The van der Waals surface area contributed by atoms with Gasteiger partial charge in [0, 0.05) is 42.9 Å². The Morgan fingerprint density at radius 1 is 1.30 bits per heavy atom. The molecule has 1 amide bonds. The zero-order chi connectivity index (χ0) is 20.7. The molecule has 2 heterocycles. The molecule has 30 heavy (non-hydrogen) atoms. The predicted octanol–water partition coefficient (Wildman–Crippen LogP) is 2.30. The smallest absolute Gasteiger partial charge is 0.239 e. The van der Waals surface area contributed by atoms with E-state index in [4.69, 9.17) is 15.2 Å². The van der Waals surface area contributed by atoms with Gasteiger partial charge in [-0.1, -0.05) is 35.5 Å². The number of carbonyl (C=O) groups excluding carboxylic acids is 1. The van der Waals surface area contributed by atoms with Gasteiger partial charge in [0.05, 0.1) is 6.04 Å². The number of nitrogens with one attached hydrogen (secondary N) is 1. The summed E-state index contributed by atoms with van der Waals surface area (Å²) in [6.07, 6.45) is 5.14. The summed E-state index contributed by atoms with van der Waals surface area (Å²) >= 11 is 0. The summed E-state index contributed by atoms with van der Waals surface area (Å²) < 4.78 is 5.67. The van der Waals surface area contributed by atoms with Crippen molar-refractivity contribution in [3.8, 4) is 0 Å². The number of hydrogen-bond acceptors (Lipinski definition) is 6. The fraction of sp³-hybridized carbons (Fsp3) is 0.609. The second-order valence-corrected chi connectivity index (χ2v) is 9.37. The van der Waals surface area contributed by atoms with E-state index < -0.39 is 6.04 Å². The van der Waals surface area contributed by atoms with Crippen LogP contribution in [0.5, 0.6) is 0 Å². The number of amides is 1. The molecule has 0 bridgehead atoms. The number of carbonyl (C=O) groups is 1. The van der Waals surface area contributed by atoms with Gasteiger partial charge in [0.25, 0.3) is 0 Å². The van der Waals surface area contributed by atoms with Crippen LogP contribution in [0.15, 0.2) is 34.9 Å². The van der Waals surface area contributed by atoms with Gasteiger partial charge in [-0.2, -0.15) is 4.98 Å². The molecule has 3 fully saturated rings. The number of benzene rings is 1. The number of hydrogen-bond donors (Lipinski definition) is 2. The Morgan fingerprint density at radius 2 is 2.03 bits per heavy atom. The van der Waals surface area contributed by atoms with Gasteiger partial charge in [-0.3, -0.25) is 4.79 Å². The first-order valence-electron chi connectivity index (χ1n) is 11.2. The molecule has 1 aliphatic heterocycles. The first-order chi connectivity index (χ1) is 14.6. The van der Waals surface area contributed by atoms with Crippen LogP contribution in [0.1, 0.15) is 68.1 Å². The van der Waals surface area contributed by atoms with Gasteiger partial charge >= 0.3 is 0 Å². The lowest BCUT2D eigenvalue weighted by Gasteiger charge is -2.31. The Hall–Kier alpha value is -2.25. The third kappa shape index (κ3) is 3.88. The molecule has 3 aliphatic rings. The van der Waals surface area contributed by atoms with Crippen molar-refractivity contribution in [1.29, 1.82) is 0 Å². The third-order valence-electron chi connectivity index (χ3n) is 7.04. The fourth-order valence-corrected chi connectivity index (χ4v) is 4.70. The van der Waals surface area contributed by atoms with Gasteiger partial charge in [-0.15, -0.1) is 0 Å². The standard InChI is InChI=1S/C23H31N5O2/c1-15(24)21(29)28-11-7-17(8-12-28)20-26-22(27-30-20)23(9-10-23)14-25-19-13-18(19)16-5-3-2-4-6-16/h2-6,15,17-19,25H,7-14,24H2,1H3/t15-,18-,19+/m0/s1. The van der Waals surface area contributed by atoms with E-state index in [1.54, 1.807) is 6.92 Å². The van der Waals surface area contributed by atoms with Crippen LogP contribution in [-0.2, 0) is 10.2 Å². The Labute approximate surface area is 177 Å². The summed E-state index contributed by atoms with van der Waals surface area (Å²) in [5, 5.41) is 8.10. The van der Waals surface area contributed by atoms with Gasteiger partial charge in [0.1, 0.15) is 0 Å². The minimum atomic E-state index is -0.438. The van der Waals surface area contributed by atoms with Crippen molar-refractivity contribution >= 4 is 5.91 Å². The maximum Gasteiger partial charge on any atom is 0.239 e. The van der Waals surface area contributed by atoms with Crippen LogP contribution in [0.3, 0.4) is 0 Å². The molecule has 7 heteroatoms. The summed E-state index contributed by atoms with van der Waals surface area (Å²) in [6, 6.07) is 10.9. The Morgan fingerprint density at radius 3 is 2.70 bits per heavy atom. The van der Waals surface area contributed by atoms with Crippen LogP contribution >= 0.6 is 0 Å². The van der Waals surface area contributed by atoms with E-state index in [-0.39, 0.29) is 17.2 Å². The number of rotatable bonds is 7. The van der Waals surface area contributed by atoms with Crippen LogP contribution in [0.4, 0.5) is 0 Å². The van der Waals surface area contributed by atoms with Crippen LogP contribution in [-0.4, -0.2) is 52.7 Å². The van der Waals surface area contributed by atoms with E-state index in [1.807, 2.05) is 4.90 Å². The van der Waals surface area contributed by atoms with Crippen molar-refractivity contribution in [2.45, 2.75) is 68.4 Å². The number of likely N-dealkylation sites (tertiary alicyclic amines) is 1. The monoisotopic (exact) mass is 409 g/mol. The lowest BCUT2D eigenvalue weighted by atomic mass is 9.96. The zero-order valence-corrected chi connectivity index (χ0v) is 17.6. The van der Waals surface area contributed by atoms with Crippen molar-refractivity contribution in [2.75, 3.05) is 19.6 Å². The molecular formula is C23H31N5O2. The molecule has 2 saturated carbocycles. The van der Waals surface area contributed by atoms with Gasteiger partial charge in [-0.25, -0.2) is 0 Å². The Balaban J connectivity index is 1.15. The van der Waals surface area contributed by atoms with E-state index in [1.165, 1.54) is 12.0 Å². The fourth-order valence-electron chi connectivity index (χ4n) is 4.70. The summed E-state index contributed by atoms with van der Waals surface area (Å²) in [4.78, 5) is 18.7. The summed E-state index contributed by atoms with van der Waals surface area (Å²) in [7, 11) is 0. The van der Waals surface area contributed by atoms with Gasteiger partial charge in [0.2, 0.25) is 11.8 Å². The SMILES string of the molecule is C[C@H](N)C(=O)N1CCC(c2nc(C3(CN[C@@H]4C[C@H]4c4ccccc4)CC3)no2)CC1. The van der Waals surface area contributed by atoms with Crippen molar-refractivity contribution in [3.05, 3.63) is 47.6 Å². The largest absolute Gasteiger partial charge is 0.341 e. The maximum atomic E-state index is 12.1. The predicted molar refractivity (Wildman–Crippen MR) is 113 cm³/mol. The van der Waals surface area contributed by atoms with Crippen LogP contribution in [0.2, 0.25) is 0 Å². The highest BCUT2D eigenvalue weighted by Crippen LogP contribution is 2.48. The Kier molecular flexibility index (Phi) is 5.11. The molecule has 0 unspecified atom stereocenters. The molecule has 0 radical (unpaired) electrons. The van der Waals surface area contributed by atoms with E-state index >= 15 is 0 Å². The molecule has 1 aromatic heterocycles. The second-order valence-electron chi connectivity index (χ2n) is 9.37. The quantitative estimate of drug-likeness (QED) is 0.728. The van der Waals surface area contributed by atoms with E-state index in [0.29, 0.717) is 25.0 Å². The number of nitrogens with two attached hydrogens (primary N) is 1. The minimum absolute atomic E-state index is 0.0246. The normalized spacial score (nSPS) is 26.4. The van der Waals surface area contributed by atoms with E-state index in [9.17, 15) is 4.79 Å². The first kappa shape index (κ1) is 19.7. The molecule has 1 aromatic carbocycles. The lowest BCUT2D eigenvalue weighted by molar-refractivity contribution is -0.133. The Bertz CT molecular complexity index is 884. The molecular weight excluding hydrogens is 378 g/mol. The average Bonchev–Trinajstić information content (AvgIpc) is 3.69. The zero-order valence-electron chi connectivity index (χ0n) is 17.6. The average molecular weight is 410 g/mol. The molecule has 3 atom stereocenters. The molecule has 1 saturated heterocycles. The van der Waals surface area contributed by atoms with Gasteiger partial charge in [0.15, 0.2) is 5.82 Å². The first-order valence-corrected chi connectivity index (χ1v) is 11.2. The van der Waals surface area contributed by atoms with Gasteiger partial charge in [-0.05, 0) is 44.6 Å². The molecule has 7 nitrogen and oxygen atoms in total. The molecule has 0 spiro atoms. The third-order valence-corrected chi connectivity index (χ3v) is 7.04. The van der Waals surface area contributed by atoms with Crippen molar-refractivity contribution in [2.24, 2.45) is 5.73 Å². The molecule has 5 rings (SSSR count). The summed E-state index contributed by atoms with van der Waals surface area (Å²) in [5.74, 6) is 2.48. The van der Waals surface area contributed by atoms with Crippen LogP contribution in [0.25, 0.3) is 0 Å². The molecule has 2 aromatic rings. The minimum Gasteiger partial charge on any atom is -0.341 e. The second kappa shape index (κ2) is 7.78. The maximum absolute atomic E-state index is 12.1. The number of piperidine rings is 1. The van der Waals surface area contributed by atoms with E-state index in [0.717, 1.165) is 43.9 Å². The van der Waals surface area contributed by atoms with E-state index in [2.05, 4.69) is 40.8 Å². The van der Waals surface area contributed by atoms with Crippen LogP contribution in [0, 0.1) is 0 Å². The molecule has 160 valence electrons. The molecule has 3 N–H and O–H groups in total. The lowest BCUT2D eigenvalue weighted by Crippen LogP contribution is -2.45. The number of aromatic nitrogens is 2. The topological polar surface area (TPSA) is 97.3 Å². The summed E-state index contributed by atoms with van der Waals surface area (Å²) in [5.41, 5.74) is 7.19. The highest BCUT2D eigenvalue weighted by atomic mass is 16.5. The van der Waals surface area contributed by atoms with Crippen molar-refractivity contribution < 1.29 is 9.32 Å². The van der Waals surface area contributed by atoms with Gasteiger partial charge < -0.3 is 20.5 Å². The highest BCUT2D eigenvalue weighted by Gasteiger charge is 2.50. The number of nitrogens with zero attached hydrogens (tertiary/aromatic N) is 3. The van der Waals surface area contributed by atoms with Crippen molar-refractivity contribution in [3.63, 3.8) is 0 Å². The van der Waals surface area contributed by atoms with Crippen LogP contribution < -0.4 is 11.1 Å². The van der Waals surface area contributed by atoms with Crippen molar-refractivity contribution in [1.82, 2.24) is 20.4 Å². The molecule has 2 aliphatic carbocycles.